The molecule has 0 saturated heterocycles. The molecule has 1 aliphatic carbocycles. The first-order chi connectivity index (χ1) is 26.1. The van der Waals surface area contributed by atoms with Gasteiger partial charge >= 0.3 is 0 Å². The number of hydrogen-bond donors (Lipinski definition) is 0. The fourth-order valence-corrected chi connectivity index (χ4v) is 8.49. The topological polar surface area (TPSA) is 3.24 Å². The summed E-state index contributed by atoms with van der Waals surface area (Å²) in [5.41, 5.74) is 18.3. The van der Waals surface area contributed by atoms with Crippen LogP contribution >= 0.6 is 0 Å². The molecule has 0 atom stereocenters. The molecule has 0 saturated carbocycles. The molecule has 0 amide bonds. The van der Waals surface area contributed by atoms with E-state index >= 15 is 0 Å². The number of nitrogens with zero attached hydrogens (tertiary/aromatic N) is 1. The summed E-state index contributed by atoms with van der Waals surface area (Å²) >= 11 is 0. The maximum Gasteiger partial charge on any atom is 0.0714 e. The molecule has 0 radical (unpaired) electrons. The van der Waals surface area contributed by atoms with Gasteiger partial charge < -0.3 is 4.90 Å². The lowest BCUT2D eigenvalue weighted by molar-refractivity contribution is 0.765. The summed E-state index contributed by atoms with van der Waals surface area (Å²) in [6, 6.07) is 73.8. The Kier molecular flexibility index (Phi) is 8.33. The Morgan fingerprint density at radius 1 is 0.377 bits per heavy atom. The summed E-state index contributed by atoms with van der Waals surface area (Å²) in [4.78, 5) is 2.50. The standard InChI is InChI=1S/C52H41N/c1-37-25-29-43(30-26-37)52(50-23-13-11-21-48(50)49-22-12-14-24-51(49)52)44-33-38(2)34-46(35-44)53(45-31-27-40(28-32-45)39-15-5-3-6-16-39)36-42-19-9-10-20-47(42)41-17-7-4-8-18-41/h3-35H,36H2,1-2H3. The number of anilines is 2. The zero-order chi connectivity index (χ0) is 35.8. The van der Waals surface area contributed by atoms with E-state index in [2.05, 4.69) is 219 Å². The van der Waals surface area contributed by atoms with Crippen LogP contribution < -0.4 is 4.90 Å². The summed E-state index contributed by atoms with van der Waals surface area (Å²) < 4.78 is 0. The van der Waals surface area contributed by atoms with E-state index < -0.39 is 5.41 Å². The van der Waals surface area contributed by atoms with Crippen LogP contribution in [0.15, 0.2) is 200 Å². The lowest BCUT2D eigenvalue weighted by atomic mass is 9.67. The van der Waals surface area contributed by atoms with Gasteiger partial charge in [-0.15, -0.1) is 0 Å². The van der Waals surface area contributed by atoms with Gasteiger partial charge in [-0.2, -0.15) is 0 Å². The van der Waals surface area contributed by atoms with Crippen LogP contribution in [0.2, 0.25) is 0 Å². The van der Waals surface area contributed by atoms with E-state index in [-0.39, 0.29) is 0 Å². The van der Waals surface area contributed by atoms with Crippen molar-refractivity contribution in [3.8, 4) is 33.4 Å². The fourth-order valence-electron chi connectivity index (χ4n) is 8.49. The average molecular weight is 680 g/mol. The Hall–Kier alpha value is -6.44. The third-order valence-corrected chi connectivity index (χ3v) is 11.0. The van der Waals surface area contributed by atoms with Gasteiger partial charge in [0.1, 0.15) is 0 Å². The molecule has 9 rings (SSSR count). The largest absolute Gasteiger partial charge is 0.337 e. The van der Waals surface area contributed by atoms with E-state index in [0.717, 1.165) is 5.69 Å². The van der Waals surface area contributed by atoms with Gasteiger partial charge in [-0.05, 0) is 105 Å². The Labute approximate surface area is 313 Å². The second-order valence-corrected chi connectivity index (χ2v) is 14.3. The first kappa shape index (κ1) is 32.5. The van der Waals surface area contributed by atoms with Crippen LogP contribution in [0.5, 0.6) is 0 Å². The van der Waals surface area contributed by atoms with Crippen LogP contribution in [0, 0.1) is 13.8 Å². The van der Waals surface area contributed by atoms with Gasteiger partial charge in [-0.25, -0.2) is 0 Å². The molecule has 8 aromatic rings. The monoisotopic (exact) mass is 679 g/mol. The highest BCUT2D eigenvalue weighted by molar-refractivity contribution is 5.87. The zero-order valence-corrected chi connectivity index (χ0v) is 30.2. The third kappa shape index (κ3) is 5.76. The molecule has 0 heterocycles. The molecule has 8 aromatic carbocycles. The van der Waals surface area contributed by atoms with Gasteiger partial charge in [0.05, 0.1) is 5.41 Å². The van der Waals surface area contributed by atoms with Crippen molar-refractivity contribution in [1.29, 1.82) is 0 Å². The Morgan fingerprint density at radius 3 is 1.55 bits per heavy atom. The van der Waals surface area contributed by atoms with Crippen molar-refractivity contribution in [1.82, 2.24) is 0 Å². The molecule has 0 bridgehead atoms. The molecule has 0 fully saturated rings. The lowest BCUT2D eigenvalue weighted by Crippen LogP contribution is -2.29. The quantitative estimate of drug-likeness (QED) is 0.154. The maximum atomic E-state index is 2.50. The van der Waals surface area contributed by atoms with E-state index in [1.54, 1.807) is 0 Å². The molecule has 1 heteroatoms. The molecule has 0 aromatic heterocycles. The molecule has 254 valence electrons. The first-order valence-corrected chi connectivity index (χ1v) is 18.5. The second kappa shape index (κ2) is 13.6. The van der Waals surface area contributed by atoms with Gasteiger partial charge in [0, 0.05) is 17.9 Å². The molecule has 1 nitrogen and oxygen atoms in total. The van der Waals surface area contributed by atoms with Gasteiger partial charge in [0.2, 0.25) is 0 Å². The summed E-state index contributed by atoms with van der Waals surface area (Å²) in [5.74, 6) is 0. The zero-order valence-electron chi connectivity index (χ0n) is 30.2. The summed E-state index contributed by atoms with van der Waals surface area (Å²) in [7, 11) is 0. The number of hydrogen-bond acceptors (Lipinski definition) is 1. The predicted octanol–water partition coefficient (Wildman–Crippen LogP) is 13.3. The molecule has 0 aliphatic heterocycles. The molecule has 0 N–H and O–H groups in total. The minimum atomic E-state index is -0.480. The fraction of sp³-hybridized carbons (Fsp3) is 0.0769. The van der Waals surface area contributed by atoms with Crippen molar-refractivity contribution in [3.05, 3.63) is 239 Å². The molecular weight excluding hydrogens is 639 g/mol. The summed E-state index contributed by atoms with van der Waals surface area (Å²) in [6.45, 7) is 5.13. The van der Waals surface area contributed by atoms with Gasteiger partial charge in [-0.1, -0.05) is 181 Å². The SMILES string of the molecule is Cc1ccc(C2(c3cc(C)cc(N(Cc4ccccc4-c4ccccc4)c4ccc(-c5ccccc5)cc4)c3)c3ccccc3-c3ccccc32)cc1. The molecule has 0 unspecified atom stereocenters. The number of rotatable bonds is 8. The number of aryl methyl sites for hydroxylation is 2. The highest BCUT2D eigenvalue weighted by Crippen LogP contribution is 2.56. The van der Waals surface area contributed by atoms with Crippen molar-refractivity contribution >= 4 is 11.4 Å². The Bertz CT molecular complexity index is 2480. The molecule has 53 heavy (non-hydrogen) atoms. The van der Waals surface area contributed by atoms with Gasteiger partial charge in [0.25, 0.3) is 0 Å². The summed E-state index contributed by atoms with van der Waals surface area (Å²) in [5, 5.41) is 0. The van der Waals surface area contributed by atoms with Crippen LogP contribution in [-0.4, -0.2) is 0 Å². The van der Waals surface area contributed by atoms with Crippen LogP contribution in [0.3, 0.4) is 0 Å². The highest BCUT2D eigenvalue weighted by atomic mass is 15.1. The normalized spacial score (nSPS) is 12.6. The van der Waals surface area contributed by atoms with Gasteiger partial charge in [-0.3, -0.25) is 0 Å². The van der Waals surface area contributed by atoms with Crippen molar-refractivity contribution in [3.63, 3.8) is 0 Å². The first-order valence-electron chi connectivity index (χ1n) is 18.5. The third-order valence-electron chi connectivity index (χ3n) is 11.0. The van der Waals surface area contributed by atoms with E-state index in [1.807, 2.05) is 0 Å². The maximum absolute atomic E-state index is 2.50. The lowest BCUT2D eigenvalue weighted by Gasteiger charge is -2.36. The van der Waals surface area contributed by atoms with Crippen LogP contribution in [0.4, 0.5) is 11.4 Å². The minimum Gasteiger partial charge on any atom is -0.337 e. The molecular formula is C52H41N. The molecule has 1 aliphatic rings. The minimum absolute atomic E-state index is 0.480. The second-order valence-electron chi connectivity index (χ2n) is 14.3. The van der Waals surface area contributed by atoms with E-state index in [0.29, 0.717) is 6.54 Å². The molecule has 0 spiro atoms. The van der Waals surface area contributed by atoms with Crippen molar-refractivity contribution in [2.24, 2.45) is 0 Å². The highest BCUT2D eigenvalue weighted by Gasteiger charge is 2.46. The van der Waals surface area contributed by atoms with E-state index in [9.17, 15) is 0 Å². The van der Waals surface area contributed by atoms with Crippen molar-refractivity contribution in [2.45, 2.75) is 25.8 Å². The Morgan fingerprint density at radius 2 is 0.906 bits per heavy atom. The number of fused-ring (bicyclic) bond motifs is 3. The Balaban J connectivity index is 1.26. The van der Waals surface area contributed by atoms with Crippen molar-refractivity contribution in [2.75, 3.05) is 4.90 Å². The van der Waals surface area contributed by atoms with Crippen LogP contribution in [-0.2, 0) is 12.0 Å². The van der Waals surface area contributed by atoms with Crippen molar-refractivity contribution < 1.29 is 0 Å². The van der Waals surface area contributed by atoms with E-state index in [4.69, 9.17) is 0 Å². The van der Waals surface area contributed by atoms with Crippen LogP contribution in [0.1, 0.15) is 38.9 Å². The average Bonchev–Trinajstić information content (AvgIpc) is 3.52. The predicted molar refractivity (Wildman–Crippen MR) is 223 cm³/mol. The van der Waals surface area contributed by atoms with Crippen LogP contribution in [0.25, 0.3) is 33.4 Å². The summed E-state index contributed by atoms with van der Waals surface area (Å²) in [6.07, 6.45) is 0. The number of benzene rings is 8. The van der Waals surface area contributed by atoms with E-state index in [1.165, 1.54) is 78.0 Å². The smallest absolute Gasteiger partial charge is 0.0714 e. The van der Waals surface area contributed by atoms with Gasteiger partial charge in [0.15, 0.2) is 0 Å².